The Hall–Kier alpha value is -3.98. The molecule has 174 valence electrons. The standard InChI is InChI=1S/C25H22BrN3O5/c1-3-33-18-14-12-17(13-15-18)27-23(30)24(31)29-28-16(2)19-8-5-7-11-22(19)34-25(32)20-9-4-6-10-21(20)26/h4-15H,3H2,1-2H3,(H,27,30)(H,29,31)/b28-16+. The van der Waals surface area contributed by atoms with Gasteiger partial charge in [-0.3, -0.25) is 9.59 Å². The van der Waals surface area contributed by atoms with Gasteiger partial charge in [0.05, 0.1) is 17.9 Å². The van der Waals surface area contributed by atoms with Crippen molar-refractivity contribution in [3.05, 3.63) is 88.4 Å². The maximum Gasteiger partial charge on any atom is 0.344 e. The Morgan fingerprint density at radius 1 is 0.882 bits per heavy atom. The minimum absolute atomic E-state index is 0.262. The summed E-state index contributed by atoms with van der Waals surface area (Å²) in [6.07, 6.45) is 0. The molecule has 2 amide bonds. The molecule has 0 aliphatic carbocycles. The zero-order valence-electron chi connectivity index (χ0n) is 18.5. The summed E-state index contributed by atoms with van der Waals surface area (Å²) in [6, 6.07) is 20.3. The number of nitrogens with one attached hydrogen (secondary N) is 2. The van der Waals surface area contributed by atoms with E-state index in [2.05, 4.69) is 31.8 Å². The molecule has 0 saturated carbocycles. The molecular formula is C25H22BrN3O5. The lowest BCUT2D eigenvalue weighted by molar-refractivity contribution is -0.136. The normalized spacial score (nSPS) is 10.9. The molecule has 0 aliphatic heterocycles. The number of rotatable bonds is 7. The van der Waals surface area contributed by atoms with Crippen molar-refractivity contribution in [2.75, 3.05) is 11.9 Å². The molecule has 0 spiro atoms. The summed E-state index contributed by atoms with van der Waals surface area (Å²) in [5, 5.41) is 6.48. The molecule has 0 atom stereocenters. The number of anilines is 1. The van der Waals surface area contributed by atoms with Gasteiger partial charge in [0.25, 0.3) is 0 Å². The summed E-state index contributed by atoms with van der Waals surface area (Å²) in [5.41, 5.74) is 3.85. The zero-order valence-corrected chi connectivity index (χ0v) is 20.1. The highest BCUT2D eigenvalue weighted by atomic mass is 79.9. The summed E-state index contributed by atoms with van der Waals surface area (Å²) in [6.45, 7) is 4.01. The zero-order chi connectivity index (χ0) is 24.5. The van der Waals surface area contributed by atoms with Crippen molar-refractivity contribution >= 4 is 45.1 Å². The van der Waals surface area contributed by atoms with Gasteiger partial charge in [-0.1, -0.05) is 24.3 Å². The molecule has 0 fully saturated rings. The van der Waals surface area contributed by atoms with Crippen LogP contribution in [0.2, 0.25) is 0 Å². The third-order valence-corrected chi connectivity index (χ3v) is 5.22. The molecule has 3 aromatic carbocycles. The number of nitrogens with zero attached hydrogens (tertiary/aromatic N) is 1. The monoisotopic (exact) mass is 523 g/mol. The van der Waals surface area contributed by atoms with Crippen molar-refractivity contribution in [3.63, 3.8) is 0 Å². The van der Waals surface area contributed by atoms with E-state index in [-0.39, 0.29) is 5.75 Å². The molecule has 2 N–H and O–H groups in total. The lowest BCUT2D eigenvalue weighted by Crippen LogP contribution is -2.33. The number of hydrogen-bond acceptors (Lipinski definition) is 6. The molecule has 0 aliphatic rings. The second-order valence-corrected chi connectivity index (χ2v) is 7.77. The highest BCUT2D eigenvalue weighted by Crippen LogP contribution is 2.23. The Kier molecular flexibility index (Phi) is 8.53. The molecule has 0 saturated heterocycles. The highest BCUT2D eigenvalue weighted by Gasteiger charge is 2.17. The lowest BCUT2D eigenvalue weighted by atomic mass is 10.1. The summed E-state index contributed by atoms with van der Waals surface area (Å²) in [7, 11) is 0. The van der Waals surface area contributed by atoms with E-state index in [4.69, 9.17) is 9.47 Å². The average Bonchev–Trinajstić information content (AvgIpc) is 2.84. The number of hydrogen-bond donors (Lipinski definition) is 2. The molecule has 0 heterocycles. The minimum atomic E-state index is -0.948. The van der Waals surface area contributed by atoms with Crippen LogP contribution < -0.4 is 20.2 Å². The molecule has 3 rings (SSSR count). The van der Waals surface area contributed by atoms with Gasteiger partial charge in [-0.15, -0.1) is 0 Å². The highest BCUT2D eigenvalue weighted by molar-refractivity contribution is 9.10. The van der Waals surface area contributed by atoms with Crippen molar-refractivity contribution < 1.29 is 23.9 Å². The van der Waals surface area contributed by atoms with E-state index in [1.165, 1.54) is 0 Å². The molecule has 0 bridgehead atoms. The van der Waals surface area contributed by atoms with Gasteiger partial charge in [0.1, 0.15) is 11.5 Å². The summed E-state index contributed by atoms with van der Waals surface area (Å²) in [5.74, 6) is -1.46. The molecule has 9 heteroatoms. The first-order valence-corrected chi connectivity index (χ1v) is 11.1. The lowest BCUT2D eigenvalue weighted by Gasteiger charge is -2.11. The van der Waals surface area contributed by atoms with E-state index >= 15 is 0 Å². The Balaban J connectivity index is 1.65. The van der Waals surface area contributed by atoms with E-state index in [9.17, 15) is 14.4 Å². The summed E-state index contributed by atoms with van der Waals surface area (Å²) < 4.78 is 11.5. The van der Waals surface area contributed by atoms with Gasteiger partial charge >= 0.3 is 17.8 Å². The summed E-state index contributed by atoms with van der Waals surface area (Å²) >= 11 is 3.33. The van der Waals surface area contributed by atoms with Gasteiger partial charge in [0.15, 0.2) is 0 Å². The predicted molar refractivity (Wildman–Crippen MR) is 132 cm³/mol. The van der Waals surface area contributed by atoms with Crippen LogP contribution in [0.15, 0.2) is 82.4 Å². The van der Waals surface area contributed by atoms with Gasteiger partial charge in [0.2, 0.25) is 0 Å². The quantitative estimate of drug-likeness (QED) is 0.155. The van der Waals surface area contributed by atoms with E-state index in [1.54, 1.807) is 79.7 Å². The molecule has 0 unspecified atom stereocenters. The largest absolute Gasteiger partial charge is 0.494 e. The molecular weight excluding hydrogens is 502 g/mol. The van der Waals surface area contributed by atoms with Crippen LogP contribution in [0.25, 0.3) is 0 Å². The van der Waals surface area contributed by atoms with Crippen LogP contribution in [-0.4, -0.2) is 30.1 Å². The first-order chi connectivity index (χ1) is 16.4. The topological polar surface area (TPSA) is 106 Å². The maximum absolute atomic E-state index is 12.6. The van der Waals surface area contributed by atoms with Crippen molar-refractivity contribution in [3.8, 4) is 11.5 Å². The Morgan fingerprint density at radius 3 is 2.21 bits per heavy atom. The van der Waals surface area contributed by atoms with Gasteiger partial charge < -0.3 is 14.8 Å². The number of benzene rings is 3. The van der Waals surface area contributed by atoms with E-state index in [0.717, 1.165) is 0 Å². The van der Waals surface area contributed by atoms with Gasteiger partial charge in [-0.05, 0) is 78.3 Å². The van der Waals surface area contributed by atoms with E-state index in [0.29, 0.717) is 39.4 Å². The third-order valence-electron chi connectivity index (χ3n) is 4.53. The van der Waals surface area contributed by atoms with Crippen LogP contribution in [0, 0.1) is 0 Å². The van der Waals surface area contributed by atoms with Gasteiger partial charge in [-0.2, -0.15) is 5.10 Å². The Labute approximate surface area is 205 Å². The van der Waals surface area contributed by atoms with Crippen LogP contribution >= 0.6 is 15.9 Å². The van der Waals surface area contributed by atoms with Crippen molar-refractivity contribution in [1.82, 2.24) is 5.43 Å². The molecule has 0 radical (unpaired) electrons. The number of amides is 2. The second-order valence-electron chi connectivity index (χ2n) is 6.92. The van der Waals surface area contributed by atoms with E-state index in [1.807, 2.05) is 6.92 Å². The third kappa shape index (κ3) is 6.52. The molecule has 8 nitrogen and oxygen atoms in total. The van der Waals surface area contributed by atoms with Crippen molar-refractivity contribution in [1.29, 1.82) is 0 Å². The van der Waals surface area contributed by atoms with E-state index < -0.39 is 17.8 Å². The smallest absolute Gasteiger partial charge is 0.344 e. The van der Waals surface area contributed by atoms with Crippen LogP contribution in [0.1, 0.15) is 29.8 Å². The average molecular weight is 524 g/mol. The van der Waals surface area contributed by atoms with Gasteiger partial charge in [-0.25, -0.2) is 10.2 Å². The fourth-order valence-electron chi connectivity index (χ4n) is 2.87. The number of hydrazone groups is 1. The molecule has 0 aromatic heterocycles. The van der Waals surface area contributed by atoms with Crippen LogP contribution in [-0.2, 0) is 9.59 Å². The number of carbonyl (C=O) groups excluding carboxylic acids is 3. The Bertz CT molecular complexity index is 1230. The first kappa shape index (κ1) is 24.7. The van der Waals surface area contributed by atoms with Crippen molar-refractivity contribution in [2.24, 2.45) is 5.10 Å². The fourth-order valence-corrected chi connectivity index (χ4v) is 3.32. The molecule has 3 aromatic rings. The summed E-state index contributed by atoms with van der Waals surface area (Å²) in [4.78, 5) is 36.9. The second kappa shape index (κ2) is 11.8. The number of ether oxygens (including phenoxy) is 2. The maximum atomic E-state index is 12.6. The van der Waals surface area contributed by atoms with Crippen LogP contribution in [0.5, 0.6) is 11.5 Å². The first-order valence-electron chi connectivity index (χ1n) is 10.3. The van der Waals surface area contributed by atoms with Gasteiger partial charge in [0, 0.05) is 15.7 Å². The Morgan fingerprint density at radius 2 is 1.53 bits per heavy atom. The number of esters is 1. The fraction of sp³-hybridized carbons (Fsp3) is 0.120. The number of para-hydroxylation sites is 1. The van der Waals surface area contributed by atoms with Crippen molar-refractivity contribution in [2.45, 2.75) is 13.8 Å². The predicted octanol–water partition coefficient (Wildman–Crippen LogP) is 4.55. The van der Waals surface area contributed by atoms with Crippen LogP contribution in [0.4, 0.5) is 5.69 Å². The number of halogens is 1. The molecule has 34 heavy (non-hydrogen) atoms. The number of carbonyl (C=O) groups is 3. The van der Waals surface area contributed by atoms with Crippen LogP contribution in [0.3, 0.4) is 0 Å². The minimum Gasteiger partial charge on any atom is -0.494 e. The SMILES string of the molecule is CCOc1ccc(NC(=O)C(=O)N/N=C(\C)c2ccccc2OC(=O)c2ccccc2Br)cc1.